The summed E-state index contributed by atoms with van der Waals surface area (Å²) in [5.74, 6) is 2.20. The molecule has 5 nitrogen and oxygen atoms in total. The van der Waals surface area contributed by atoms with Gasteiger partial charge in [0.1, 0.15) is 17.2 Å². The van der Waals surface area contributed by atoms with E-state index in [-0.39, 0.29) is 9.79 Å². The van der Waals surface area contributed by atoms with Crippen molar-refractivity contribution in [3.8, 4) is 23.1 Å². The maximum atomic E-state index is 12.9. The maximum absolute atomic E-state index is 12.9. The molecule has 1 aromatic heterocycles. The summed E-state index contributed by atoms with van der Waals surface area (Å²) in [5.41, 5.74) is 0. The lowest BCUT2D eigenvalue weighted by Crippen LogP contribution is -2.01. The summed E-state index contributed by atoms with van der Waals surface area (Å²) in [6.07, 6.45) is 1.62. The number of sulfone groups is 1. The van der Waals surface area contributed by atoms with E-state index < -0.39 is 9.84 Å². The van der Waals surface area contributed by atoms with E-state index in [9.17, 15) is 8.42 Å². The van der Waals surface area contributed by atoms with Crippen molar-refractivity contribution < 1.29 is 17.9 Å². The highest BCUT2D eigenvalue weighted by Gasteiger charge is 2.18. The van der Waals surface area contributed by atoms with Crippen molar-refractivity contribution in [2.45, 2.75) is 9.79 Å². The number of para-hydroxylation sites is 1. The molecule has 4 aromatic rings. The van der Waals surface area contributed by atoms with E-state index in [0.717, 1.165) is 0 Å². The Kier molecular flexibility index (Phi) is 5.27. The lowest BCUT2D eigenvalue weighted by molar-refractivity contribution is 0.462. The molecule has 1 heterocycles. The smallest absolute Gasteiger partial charge is 0.219 e. The first-order valence-electron chi connectivity index (χ1n) is 8.88. The predicted octanol–water partition coefficient (Wildman–Crippen LogP) is 5.50. The fraction of sp³-hybridized carbons (Fsp3) is 0. The van der Waals surface area contributed by atoms with Crippen LogP contribution in [0.5, 0.6) is 23.1 Å². The molecule has 0 fully saturated rings. The molecule has 0 amide bonds. The second kappa shape index (κ2) is 8.16. The summed E-state index contributed by atoms with van der Waals surface area (Å²) in [7, 11) is -3.64. The van der Waals surface area contributed by atoms with Crippen LogP contribution >= 0.6 is 0 Å². The minimum Gasteiger partial charge on any atom is -0.457 e. The number of aromatic nitrogens is 1. The van der Waals surface area contributed by atoms with Crippen LogP contribution in [0.3, 0.4) is 0 Å². The molecule has 144 valence electrons. The van der Waals surface area contributed by atoms with Crippen molar-refractivity contribution in [1.29, 1.82) is 0 Å². The standard InChI is InChI=1S/C23H17NO4S/c25-29(26,21-13-9-19(10-14-21)27-18-6-2-1-3-7-18)22-15-11-20(12-16-22)28-23-8-4-5-17-24-23/h1-17H. The average molecular weight is 403 g/mol. The Hall–Kier alpha value is -3.64. The summed E-state index contributed by atoms with van der Waals surface area (Å²) < 4.78 is 37.1. The van der Waals surface area contributed by atoms with E-state index in [0.29, 0.717) is 23.1 Å². The number of rotatable bonds is 6. The second-order valence-electron chi connectivity index (χ2n) is 6.13. The molecule has 0 aliphatic carbocycles. The van der Waals surface area contributed by atoms with Gasteiger partial charge >= 0.3 is 0 Å². The number of ether oxygens (including phenoxy) is 2. The molecule has 0 atom stereocenters. The van der Waals surface area contributed by atoms with Crippen LogP contribution in [0, 0.1) is 0 Å². The molecule has 0 spiro atoms. The van der Waals surface area contributed by atoms with Gasteiger partial charge in [0, 0.05) is 12.3 Å². The van der Waals surface area contributed by atoms with Gasteiger partial charge in [0.2, 0.25) is 15.7 Å². The van der Waals surface area contributed by atoms with Gasteiger partial charge in [0.15, 0.2) is 0 Å². The minimum absolute atomic E-state index is 0.183. The zero-order valence-electron chi connectivity index (χ0n) is 15.3. The third-order valence-electron chi connectivity index (χ3n) is 4.11. The first kappa shape index (κ1) is 18.7. The molecular weight excluding hydrogens is 386 g/mol. The van der Waals surface area contributed by atoms with E-state index in [1.807, 2.05) is 36.4 Å². The molecule has 0 N–H and O–H groups in total. The van der Waals surface area contributed by atoms with Crippen LogP contribution in [0.2, 0.25) is 0 Å². The van der Waals surface area contributed by atoms with Gasteiger partial charge in [-0.25, -0.2) is 13.4 Å². The molecule has 0 saturated heterocycles. The molecule has 3 aromatic carbocycles. The molecule has 6 heteroatoms. The van der Waals surface area contributed by atoms with Gasteiger partial charge in [-0.15, -0.1) is 0 Å². The lowest BCUT2D eigenvalue weighted by atomic mass is 10.3. The predicted molar refractivity (Wildman–Crippen MR) is 109 cm³/mol. The minimum atomic E-state index is -3.64. The van der Waals surface area contributed by atoms with E-state index in [2.05, 4.69) is 4.98 Å². The van der Waals surface area contributed by atoms with Crippen LogP contribution < -0.4 is 9.47 Å². The molecule has 4 rings (SSSR count). The van der Waals surface area contributed by atoms with E-state index >= 15 is 0 Å². The van der Waals surface area contributed by atoms with Crippen molar-refractivity contribution in [1.82, 2.24) is 4.98 Å². The van der Waals surface area contributed by atoms with Gasteiger partial charge < -0.3 is 9.47 Å². The van der Waals surface area contributed by atoms with Crippen molar-refractivity contribution in [3.63, 3.8) is 0 Å². The van der Waals surface area contributed by atoms with Crippen LogP contribution in [-0.4, -0.2) is 13.4 Å². The number of hydrogen-bond acceptors (Lipinski definition) is 5. The zero-order valence-corrected chi connectivity index (χ0v) is 16.1. The van der Waals surface area contributed by atoms with Crippen LogP contribution in [0.4, 0.5) is 0 Å². The monoisotopic (exact) mass is 403 g/mol. The van der Waals surface area contributed by atoms with Crippen LogP contribution in [-0.2, 0) is 9.84 Å². The highest BCUT2D eigenvalue weighted by Crippen LogP contribution is 2.27. The fourth-order valence-electron chi connectivity index (χ4n) is 2.66. The third kappa shape index (κ3) is 4.44. The Bertz CT molecular complexity index is 1080. The summed E-state index contributed by atoms with van der Waals surface area (Å²) in [5, 5.41) is 0. The number of pyridine rings is 1. The Labute approximate surface area is 169 Å². The molecule has 0 unspecified atom stereocenters. The molecule has 0 bridgehead atoms. The van der Waals surface area contributed by atoms with Crippen molar-refractivity contribution in [3.05, 3.63) is 103 Å². The first-order valence-corrected chi connectivity index (χ1v) is 10.4. The van der Waals surface area contributed by atoms with Gasteiger partial charge in [-0.1, -0.05) is 24.3 Å². The van der Waals surface area contributed by atoms with Gasteiger partial charge in [-0.2, -0.15) is 0 Å². The quantitative estimate of drug-likeness (QED) is 0.425. The Morgan fingerprint density at radius 2 is 1.07 bits per heavy atom. The van der Waals surface area contributed by atoms with Gasteiger partial charge in [-0.3, -0.25) is 0 Å². The van der Waals surface area contributed by atoms with Gasteiger partial charge in [0.05, 0.1) is 9.79 Å². The summed E-state index contributed by atoms with van der Waals surface area (Å²) in [6, 6.07) is 27.2. The molecule has 0 saturated carbocycles. The van der Waals surface area contributed by atoms with Crippen molar-refractivity contribution >= 4 is 9.84 Å². The number of benzene rings is 3. The lowest BCUT2D eigenvalue weighted by Gasteiger charge is -2.09. The van der Waals surface area contributed by atoms with E-state index in [4.69, 9.17) is 9.47 Å². The Morgan fingerprint density at radius 3 is 1.62 bits per heavy atom. The highest BCUT2D eigenvalue weighted by molar-refractivity contribution is 7.91. The largest absolute Gasteiger partial charge is 0.457 e. The van der Waals surface area contributed by atoms with E-state index in [1.165, 1.54) is 24.3 Å². The zero-order chi connectivity index (χ0) is 20.1. The SMILES string of the molecule is O=S(=O)(c1ccc(Oc2ccccc2)cc1)c1ccc(Oc2ccccn2)cc1. The summed E-state index contributed by atoms with van der Waals surface area (Å²) in [6.45, 7) is 0. The van der Waals surface area contributed by atoms with Crippen LogP contribution in [0.1, 0.15) is 0 Å². The molecule has 0 aliphatic rings. The number of nitrogens with zero attached hydrogens (tertiary/aromatic N) is 1. The fourth-order valence-corrected chi connectivity index (χ4v) is 3.92. The number of hydrogen-bond donors (Lipinski definition) is 0. The van der Waals surface area contributed by atoms with E-state index in [1.54, 1.807) is 42.6 Å². The Morgan fingerprint density at radius 1 is 0.552 bits per heavy atom. The summed E-state index contributed by atoms with van der Waals surface area (Å²) in [4.78, 5) is 4.45. The van der Waals surface area contributed by atoms with Gasteiger partial charge in [-0.05, 0) is 66.7 Å². The Balaban J connectivity index is 1.50. The maximum Gasteiger partial charge on any atom is 0.219 e. The highest BCUT2D eigenvalue weighted by atomic mass is 32.2. The molecule has 29 heavy (non-hydrogen) atoms. The molecule has 0 aliphatic heterocycles. The van der Waals surface area contributed by atoms with Crippen molar-refractivity contribution in [2.75, 3.05) is 0 Å². The average Bonchev–Trinajstić information content (AvgIpc) is 2.76. The van der Waals surface area contributed by atoms with Gasteiger partial charge in [0.25, 0.3) is 0 Å². The van der Waals surface area contributed by atoms with Crippen molar-refractivity contribution in [2.24, 2.45) is 0 Å². The second-order valence-corrected chi connectivity index (χ2v) is 8.08. The van der Waals surface area contributed by atoms with Crippen LogP contribution in [0.15, 0.2) is 113 Å². The summed E-state index contributed by atoms with van der Waals surface area (Å²) >= 11 is 0. The molecular formula is C23H17NO4S. The molecule has 0 radical (unpaired) electrons. The first-order chi connectivity index (χ1) is 14.1. The topological polar surface area (TPSA) is 65.5 Å². The van der Waals surface area contributed by atoms with Crippen LogP contribution in [0.25, 0.3) is 0 Å². The third-order valence-corrected chi connectivity index (χ3v) is 5.89. The normalized spacial score (nSPS) is 11.0.